The molecule has 0 aliphatic heterocycles. The molecule has 3 rings (SSSR count). The molecule has 2 atom stereocenters. The Kier molecular flexibility index (Phi) is 3.40. The van der Waals surface area contributed by atoms with E-state index in [9.17, 15) is 0 Å². The normalized spacial score (nSPS) is 24.7. The van der Waals surface area contributed by atoms with E-state index in [0.29, 0.717) is 12.0 Å². The first-order valence-corrected chi connectivity index (χ1v) is 6.84. The van der Waals surface area contributed by atoms with E-state index < -0.39 is 0 Å². The van der Waals surface area contributed by atoms with Crippen LogP contribution in [0.25, 0.3) is 0 Å². The van der Waals surface area contributed by atoms with Crippen LogP contribution in [0.2, 0.25) is 0 Å². The van der Waals surface area contributed by atoms with E-state index in [1.54, 1.807) is 6.33 Å². The van der Waals surface area contributed by atoms with Gasteiger partial charge in [0.15, 0.2) is 0 Å². The van der Waals surface area contributed by atoms with Gasteiger partial charge in [-0.2, -0.15) is 5.10 Å². The van der Waals surface area contributed by atoms with Crippen molar-refractivity contribution in [2.24, 2.45) is 0 Å². The molecule has 94 valence electrons. The van der Waals surface area contributed by atoms with Crippen molar-refractivity contribution in [1.82, 2.24) is 14.8 Å². The molecule has 1 aliphatic carbocycles. The molecule has 3 nitrogen and oxygen atoms in total. The standard InChI is InChI=1S/C15H19N3/c1-3-7-13(8-4-1)14-9-5-2-6-10-15(14)18-12-16-11-17-18/h1,3-4,7-8,11-12,14-15H,2,5-6,9-10H2. The molecule has 1 fully saturated rings. The van der Waals surface area contributed by atoms with Gasteiger partial charge >= 0.3 is 0 Å². The molecule has 2 aromatic rings. The first-order chi connectivity index (χ1) is 8.95. The average molecular weight is 241 g/mol. The third-order valence-electron chi connectivity index (χ3n) is 3.98. The molecule has 1 heterocycles. The maximum absolute atomic E-state index is 4.36. The lowest BCUT2D eigenvalue weighted by molar-refractivity contribution is 0.357. The zero-order chi connectivity index (χ0) is 12.2. The Morgan fingerprint density at radius 2 is 1.83 bits per heavy atom. The van der Waals surface area contributed by atoms with Crippen LogP contribution in [0.1, 0.15) is 49.6 Å². The maximum Gasteiger partial charge on any atom is 0.137 e. The van der Waals surface area contributed by atoms with E-state index in [1.807, 2.05) is 6.33 Å². The Hall–Kier alpha value is -1.64. The smallest absolute Gasteiger partial charge is 0.137 e. The number of aromatic nitrogens is 3. The van der Waals surface area contributed by atoms with E-state index in [1.165, 1.54) is 37.7 Å². The monoisotopic (exact) mass is 241 g/mol. The summed E-state index contributed by atoms with van der Waals surface area (Å²) in [4.78, 5) is 4.11. The van der Waals surface area contributed by atoms with Crippen molar-refractivity contribution < 1.29 is 0 Å². The Morgan fingerprint density at radius 1 is 1.00 bits per heavy atom. The highest BCUT2D eigenvalue weighted by Crippen LogP contribution is 2.38. The predicted octanol–water partition coefficient (Wildman–Crippen LogP) is 3.57. The molecule has 0 N–H and O–H groups in total. The van der Waals surface area contributed by atoms with Gasteiger partial charge in [0, 0.05) is 5.92 Å². The Labute approximate surface area is 108 Å². The lowest BCUT2D eigenvalue weighted by Gasteiger charge is -2.25. The molecule has 1 aromatic carbocycles. The Morgan fingerprint density at radius 3 is 2.61 bits per heavy atom. The van der Waals surface area contributed by atoms with E-state index in [4.69, 9.17) is 0 Å². The van der Waals surface area contributed by atoms with Crippen molar-refractivity contribution in [3.05, 3.63) is 48.5 Å². The zero-order valence-corrected chi connectivity index (χ0v) is 10.6. The summed E-state index contributed by atoms with van der Waals surface area (Å²) in [7, 11) is 0. The van der Waals surface area contributed by atoms with Crippen molar-refractivity contribution in [1.29, 1.82) is 0 Å². The third kappa shape index (κ3) is 2.30. The first-order valence-electron chi connectivity index (χ1n) is 6.84. The molecule has 0 radical (unpaired) electrons. The summed E-state index contributed by atoms with van der Waals surface area (Å²) in [6, 6.07) is 11.3. The average Bonchev–Trinajstić information content (AvgIpc) is 2.84. The lowest BCUT2D eigenvalue weighted by Crippen LogP contribution is -2.17. The van der Waals surface area contributed by atoms with Crippen LogP contribution in [0, 0.1) is 0 Å². The molecule has 1 aromatic heterocycles. The number of nitrogens with zero attached hydrogens (tertiary/aromatic N) is 3. The topological polar surface area (TPSA) is 30.7 Å². The zero-order valence-electron chi connectivity index (χ0n) is 10.6. The second kappa shape index (κ2) is 5.34. The molecule has 3 heteroatoms. The molecule has 18 heavy (non-hydrogen) atoms. The second-order valence-electron chi connectivity index (χ2n) is 5.10. The first kappa shape index (κ1) is 11.5. The van der Waals surface area contributed by atoms with Crippen molar-refractivity contribution in [2.45, 2.75) is 44.1 Å². The molecule has 0 amide bonds. The summed E-state index contributed by atoms with van der Waals surface area (Å²) < 4.78 is 2.06. The SMILES string of the molecule is c1ccc(C2CCCCCC2n2cncn2)cc1. The van der Waals surface area contributed by atoms with Gasteiger partial charge in [-0.15, -0.1) is 0 Å². The third-order valence-corrected chi connectivity index (χ3v) is 3.98. The number of rotatable bonds is 2. The van der Waals surface area contributed by atoms with Gasteiger partial charge in [-0.1, -0.05) is 49.6 Å². The molecule has 0 bridgehead atoms. The molecule has 1 saturated carbocycles. The van der Waals surface area contributed by atoms with Crippen LogP contribution in [-0.2, 0) is 0 Å². The van der Waals surface area contributed by atoms with Gasteiger partial charge in [0.05, 0.1) is 6.04 Å². The van der Waals surface area contributed by atoms with Crippen molar-refractivity contribution in [3.8, 4) is 0 Å². The van der Waals surface area contributed by atoms with E-state index in [-0.39, 0.29) is 0 Å². The predicted molar refractivity (Wildman–Crippen MR) is 71.3 cm³/mol. The lowest BCUT2D eigenvalue weighted by atomic mass is 9.88. The van der Waals surface area contributed by atoms with Crippen LogP contribution in [-0.4, -0.2) is 14.8 Å². The minimum atomic E-state index is 0.470. The molecule has 1 aliphatic rings. The molecule has 0 spiro atoms. The van der Waals surface area contributed by atoms with Crippen molar-refractivity contribution in [3.63, 3.8) is 0 Å². The molecular weight excluding hydrogens is 222 g/mol. The number of hydrogen-bond donors (Lipinski definition) is 0. The van der Waals surface area contributed by atoms with Gasteiger partial charge in [-0.25, -0.2) is 9.67 Å². The fourth-order valence-electron chi connectivity index (χ4n) is 3.08. The summed E-state index contributed by atoms with van der Waals surface area (Å²) in [6.45, 7) is 0. The van der Waals surface area contributed by atoms with E-state index in [0.717, 1.165) is 0 Å². The van der Waals surface area contributed by atoms with Gasteiger partial charge in [-0.3, -0.25) is 0 Å². The fourth-order valence-corrected chi connectivity index (χ4v) is 3.08. The summed E-state index contributed by atoms with van der Waals surface area (Å²) in [5.41, 5.74) is 1.44. The summed E-state index contributed by atoms with van der Waals surface area (Å²) in [6.07, 6.45) is 9.95. The summed E-state index contributed by atoms with van der Waals surface area (Å²) >= 11 is 0. The van der Waals surface area contributed by atoms with E-state index >= 15 is 0 Å². The largest absolute Gasteiger partial charge is 0.249 e. The van der Waals surface area contributed by atoms with Crippen LogP contribution in [0.3, 0.4) is 0 Å². The highest BCUT2D eigenvalue weighted by Gasteiger charge is 2.26. The Balaban J connectivity index is 1.92. The summed E-state index contributed by atoms with van der Waals surface area (Å²) in [5.74, 6) is 0.579. The minimum absolute atomic E-state index is 0.470. The molecule has 2 unspecified atom stereocenters. The van der Waals surface area contributed by atoms with Crippen LogP contribution in [0.15, 0.2) is 43.0 Å². The maximum atomic E-state index is 4.36. The molecular formula is C15H19N3. The highest BCUT2D eigenvalue weighted by atomic mass is 15.3. The van der Waals surface area contributed by atoms with Gasteiger partial charge < -0.3 is 0 Å². The quantitative estimate of drug-likeness (QED) is 0.752. The van der Waals surface area contributed by atoms with Gasteiger partial charge in [0.1, 0.15) is 12.7 Å². The fraction of sp³-hybridized carbons (Fsp3) is 0.467. The Bertz CT molecular complexity index is 464. The van der Waals surface area contributed by atoms with E-state index in [2.05, 4.69) is 45.1 Å². The second-order valence-corrected chi connectivity index (χ2v) is 5.10. The van der Waals surface area contributed by atoms with Crippen LogP contribution < -0.4 is 0 Å². The van der Waals surface area contributed by atoms with Crippen LogP contribution in [0.5, 0.6) is 0 Å². The van der Waals surface area contributed by atoms with Crippen molar-refractivity contribution >= 4 is 0 Å². The minimum Gasteiger partial charge on any atom is -0.249 e. The van der Waals surface area contributed by atoms with Crippen LogP contribution >= 0.6 is 0 Å². The molecule has 0 saturated heterocycles. The number of hydrogen-bond acceptors (Lipinski definition) is 2. The van der Waals surface area contributed by atoms with Gasteiger partial charge in [0.2, 0.25) is 0 Å². The highest BCUT2D eigenvalue weighted by molar-refractivity contribution is 5.21. The van der Waals surface area contributed by atoms with Crippen molar-refractivity contribution in [2.75, 3.05) is 0 Å². The van der Waals surface area contributed by atoms with Gasteiger partial charge in [-0.05, 0) is 18.4 Å². The van der Waals surface area contributed by atoms with Gasteiger partial charge in [0.25, 0.3) is 0 Å². The number of benzene rings is 1. The van der Waals surface area contributed by atoms with Crippen LogP contribution in [0.4, 0.5) is 0 Å². The summed E-state index contributed by atoms with van der Waals surface area (Å²) in [5, 5.41) is 4.36.